The van der Waals surface area contributed by atoms with Crippen LogP contribution in [0.15, 0.2) is 54.7 Å². The third-order valence-corrected chi connectivity index (χ3v) is 3.14. The van der Waals surface area contributed by atoms with Crippen LogP contribution in [-0.4, -0.2) is 10.2 Å². The Morgan fingerprint density at radius 1 is 0.950 bits per heavy atom. The molecule has 0 fully saturated rings. The van der Waals surface area contributed by atoms with E-state index in [2.05, 4.69) is 10.2 Å². The maximum atomic E-state index is 5.83. The molecule has 3 aromatic rings. The van der Waals surface area contributed by atoms with Gasteiger partial charge >= 0.3 is 0 Å². The Balaban J connectivity index is 1.80. The van der Waals surface area contributed by atoms with E-state index in [1.807, 2.05) is 36.4 Å². The van der Waals surface area contributed by atoms with Crippen LogP contribution < -0.4 is 10.5 Å². The molecule has 0 amide bonds. The van der Waals surface area contributed by atoms with Crippen molar-refractivity contribution in [3.8, 4) is 22.6 Å². The molecule has 0 saturated carbocycles. The fraction of sp³-hybridized carbons (Fsp3) is 0. The summed E-state index contributed by atoms with van der Waals surface area (Å²) in [4.78, 5) is 0. The van der Waals surface area contributed by atoms with Gasteiger partial charge in [0, 0.05) is 10.6 Å². The molecule has 3 N–H and O–H groups in total. The van der Waals surface area contributed by atoms with Crippen LogP contribution in [-0.2, 0) is 0 Å². The van der Waals surface area contributed by atoms with Gasteiger partial charge in [0.15, 0.2) is 0 Å². The number of anilines is 1. The van der Waals surface area contributed by atoms with E-state index in [1.165, 1.54) is 0 Å². The van der Waals surface area contributed by atoms with Gasteiger partial charge in [0.25, 0.3) is 0 Å². The van der Waals surface area contributed by atoms with E-state index in [0.29, 0.717) is 10.8 Å². The number of nitrogens with zero attached hydrogens (tertiary/aromatic N) is 1. The van der Waals surface area contributed by atoms with Crippen LogP contribution in [0.25, 0.3) is 11.1 Å². The Labute approximate surface area is 121 Å². The van der Waals surface area contributed by atoms with Crippen molar-refractivity contribution in [2.75, 3.05) is 5.73 Å². The van der Waals surface area contributed by atoms with Crippen molar-refractivity contribution in [3.63, 3.8) is 0 Å². The van der Waals surface area contributed by atoms with Crippen LogP contribution in [0, 0.1) is 0 Å². The van der Waals surface area contributed by atoms with Crippen molar-refractivity contribution in [2.45, 2.75) is 0 Å². The highest BCUT2D eigenvalue weighted by molar-refractivity contribution is 6.30. The molecule has 4 nitrogen and oxygen atoms in total. The molecule has 0 radical (unpaired) electrons. The van der Waals surface area contributed by atoms with Crippen molar-refractivity contribution >= 4 is 17.4 Å². The molecule has 0 atom stereocenters. The van der Waals surface area contributed by atoms with Gasteiger partial charge in [-0.2, -0.15) is 5.10 Å². The summed E-state index contributed by atoms with van der Waals surface area (Å²) in [6.07, 6.45) is 1.70. The molecule has 0 aliphatic carbocycles. The van der Waals surface area contributed by atoms with Crippen LogP contribution in [0.4, 0.5) is 5.82 Å². The number of ether oxygens (including phenoxy) is 1. The highest BCUT2D eigenvalue weighted by atomic mass is 35.5. The number of hydrogen-bond donors (Lipinski definition) is 2. The summed E-state index contributed by atoms with van der Waals surface area (Å²) in [7, 11) is 0. The standard InChI is InChI=1S/C15H12ClN3O/c16-11-3-7-13(8-4-11)20-12-5-1-10(2-6-12)14-9-18-19-15(14)17/h1-9H,(H3,17,18,19). The Bertz CT molecular complexity index is 705. The SMILES string of the molecule is Nc1[nH]ncc1-c1ccc(Oc2ccc(Cl)cc2)cc1. The average Bonchev–Trinajstić information content (AvgIpc) is 2.89. The van der Waals surface area contributed by atoms with Crippen LogP contribution in [0.3, 0.4) is 0 Å². The van der Waals surface area contributed by atoms with Crippen molar-refractivity contribution < 1.29 is 4.74 Å². The van der Waals surface area contributed by atoms with E-state index in [4.69, 9.17) is 22.1 Å². The van der Waals surface area contributed by atoms with E-state index < -0.39 is 0 Å². The minimum Gasteiger partial charge on any atom is -0.457 e. The molecule has 2 aromatic carbocycles. The summed E-state index contributed by atoms with van der Waals surface area (Å²) >= 11 is 5.83. The van der Waals surface area contributed by atoms with E-state index in [0.717, 1.165) is 22.6 Å². The number of aromatic nitrogens is 2. The molecule has 0 aliphatic heterocycles. The first-order valence-electron chi connectivity index (χ1n) is 6.05. The van der Waals surface area contributed by atoms with Gasteiger partial charge in [-0.15, -0.1) is 0 Å². The number of nitrogen functional groups attached to an aromatic ring is 1. The lowest BCUT2D eigenvalue weighted by Gasteiger charge is -2.06. The van der Waals surface area contributed by atoms with Crippen molar-refractivity contribution in [1.29, 1.82) is 0 Å². The zero-order chi connectivity index (χ0) is 13.9. The van der Waals surface area contributed by atoms with Gasteiger partial charge in [0.05, 0.1) is 6.20 Å². The number of rotatable bonds is 3. The first-order valence-corrected chi connectivity index (χ1v) is 6.43. The number of nitrogens with one attached hydrogen (secondary N) is 1. The molecule has 5 heteroatoms. The highest BCUT2D eigenvalue weighted by Gasteiger charge is 2.05. The topological polar surface area (TPSA) is 63.9 Å². The zero-order valence-electron chi connectivity index (χ0n) is 10.5. The predicted octanol–water partition coefficient (Wildman–Crippen LogP) is 4.10. The van der Waals surface area contributed by atoms with Crippen LogP contribution in [0.1, 0.15) is 0 Å². The molecule has 0 bridgehead atoms. The second-order valence-corrected chi connectivity index (χ2v) is 4.71. The number of benzene rings is 2. The van der Waals surface area contributed by atoms with Gasteiger partial charge in [-0.25, -0.2) is 0 Å². The average molecular weight is 286 g/mol. The van der Waals surface area contributed by atoms with Gasteiger partial charge < -0.3 is 10.5 Å². The van der Waals surface area contributed by atoms with Gasteiger partial charge in [-0.05, 0) is 42.0 Å². The van der Waals surface area contributed by atoms with Gasteiger partial charge in [-0.3, -0.25) is 5.10 Å². The van der Waals surface area contributed by atoms with E-state index in [-0.39, 0.29) is 0 Å². The smallest absolute Gasteiger partial charge is 0.127 e. The Morgan fingerprint density at radius 3 is 2.10 bits per heavy atom. The number of aromatic amines is 1. The number of nitrogens with two attached hydrogens (primary N) is 1. The zero-order valence-corrected chi connectivity index (χ0v) is 11.3. The molecule has 1 aromatic heterocycles. The fourth-order valence-corrected chi connectivity index (χ4v) is 1.99. The normalized spacial score (nSPS) is 10.4. The Hall–Kier alpha value is -2.46. The molecule has 0 saturated heterocycles. The number of H-pyrrole nitrogens is 1. The fourth-order valence-electron chi connectivity index (χ4n) is 1.87. The van der Waals surface area contributed by atoms with Crippen LogP contribution in [0.2, 0.25) is 5.02 Å². The highest BCUT2D eigenvalue weighted by Crippen LogP contribution is 2.28. The molecule has 100 valence electrons. The maximum absolute atomic E-state index is 5.83. The van der Waals surface area contributed by atoms with E-state index >= 15 is 0 Å². The van der Waals surface area contributed by atoms with E-state index in [1.54, 1.807) is 18.3 Å². The maximum Gasteiger partial charge on any atom is 0.127 e. The summed E-state index contributed by atoms with van der Waals surface area (Å²) in [6.45, 7) is 0. The quantitative estimate of drug-likeness (QED) is 0.761. The summed E-state index contributed by atoms with van der Waals surface area (Å²) in [5, 5.41) is 7.30. The van der Waals surface area contributed by atoms with Gasteiger partial charge in [-0.1, -0.05) is 23.7 Å². The van der Waals surface area contributed by atoms with Gasteiger partial charge in [0.2, 0.25) is 0 Å². The van der Waals surface area contributed by atoms with Crippen LogP contribution in [0.5, 0.6) is 11.5 Å². The Kier molecular flexibility index (Phi) is 3.31. The molecule has 3 rings (SSSR count). The second kappa shape index (κ2) is 5.27. The molecule has 20 heavy (non-hydrogen) atoms. The number of hydrogen-bond acceptors (Lipinski definition) is 3. The summed E-state index contributed by atoms with van der Waals surface area (Å²) in [5.41, 5.74) is 7.65. The molecule has 0 unspecified atom stereocenters. The molecule has 0 aliphatic rings. The van der Waals surface area contributed by atoms with E-state index in [9.17, 15) is 0 Å². The molecular weight excluding hydrogens is 274 g/mol. The molecular formula is C15H12ClN3O. The minimum atomic E-state index is 0.552. The third-order valence-electron chi connectivity index (χ3n) is 2.88. The van der Waals surface area contributed by atoms with Crippen molar-refractivity contribution in [3.05, 3.63) is 59.8 Å². The molecule has 1 heterocycles. The molecule has 0 spiro atoms. The van der Waals surface area contributed by atoms with Gasteiger partial charge in [0.1, 0.15) is 17.3 Å². The summed E-state index contributed by atoms with van der Waals surface area (Å²) in [6, 6.07) is 14.9. The lowest BCUT2D eigenvalue weighted by atomic mass is 10.1. The third kappa shape index (κ3) is 2.60. The predicted molar refractivity (Wildman–Crippen MR) is 80.0 cm³/mol. The minimum absolute atomic E-state index is 0.552. The summed E-state index contributed by atoms with van der Waals surface area (Å²) in [5.74, 6) is 2.04. The van der Waals surface area contributed by atoms with Crippen molar-refractivity contribution in [1.82, 2.24) is 10.2 Å². The first-order chi connectivity index (χ1) is 9.72. The lowest BCUT2D eigenvalue weighted by molar-refractivity contribution is 0.483. The lowest BCUT2D eigenvalue weighted by Crippen LogP contribution is -1.88. The van der Waals surface area contributed by atoms with Crippen LogP contribution >= 0.6 is 11.6 Å². The second-order valence-electron chi connectivity index (χ2n) is 4.28. The number of halogens is 1. The monoisotopic (exact) mass is 285 g/mol. The summed E-state index contributed by atoms with van der Waals surface area (Å²) < 4.78 is 5.72. The van der Waals surface area contributed by atoms with Crippen molar-refractivity contribution in [2.24, 2.45) is 0 Å². The largest absolute Gasteiger partial charge is 0.457 e. The Morgan fingerprint density at radius 2 is 1.55 bits per heavy atom. The first kappa shape index (κ1) is 12.6.